The highest BCUT2D eigenvalue weighted by Gasteiger charge is 2.19. The molecular weight excluding hydrogens is 176 g/mol. The monoisotopic (exact) mass is 196 g/mol. The SMILES string of the molecule is CCCCCCCC1=C(C)OC(=O)C1. The summed E-state index contributed by atoms with van der Waals surface area (Å²) < 4.78 is 4.99. The molecule has 1 heterocycles. The zero-order valence-corrected chi connectivity index (χ0v) is 9.27. The molecule has 0 amide bonds. The van der Waals surface area contributed by atoms with Crippen LogP contribution < -0.4 is 0 Å². The van der Waals surface area contributed by atoms with Crippen LogP contribution in [0.25, 0.3) is 0 Å². The fraction of sp³-hybridized carbons (Fsp3) is 0.750. The molecule has 14 heavy (non-hydrogen) atoms. The van der Waals surface area contributed by atoms with E-state index in [-0.39, 0.29) is 5.97 Å². The molecule has 0 saturated carbocycles. The van der Waals surface area contributed by atoms with Crippen LogP contribution in [-0.2, 0) is 9.53 Å². The van der Waals surface area contributed by atoms with Crippen molar-refractivity contribution in [2.45, 2.75) is 58.8 Å². The van der Waals surface area contributed by atoms with E-state index in [9.17, 15) is 4.79 Å². The smallest absolute Gasteiger partial charge is 0.315 e. The van der Waals surface area contributed by atoms with Gasteiger partial charge >= 0.3 is 5.97 Å². The van der Waals surface area contributed by atoms with Gasteiger partial charge in [0.05, 0.1) is 6.42 Å². The van der Waals surface area contributed by atoms with Gasteiger partial charge in [-0.3, -0.25) is 4.79 Å². The van der Waals surface area contributed by atoms with E-state index in [0.29, 0.717) is 6.42 Å². The molecule has 2 nitrogen and oxygen atoms in total. The minimum absolute atomic E-state index is 0.0777. The van der Waals surface area contributed by atoms with Gasteiger partial charge < -0.3 is 4.74 Å². The van der Waals surface area contributed by atoms with E-state index in [4.69, 9.17) is 4.74 Å². The molecule has 1 aliphatic rings. The minimum Gasteiger partial charge on any atom is -0.431 e. The average molecular weight is 196 g/mol. The number of cyclic esters (lactones) is 1. The van der Waals surface area contributed by atoms with E-state index in [2.05, 4.69) is 6.92 Å². The van der Waals surface area contributed by atoms with E-state index in [1.165, 1.54) is 37.7 Å². The molecule has 0 saturated heterocycles. The first-order valence-electron chi connectivity index (χ1n) is 5.63. The lowest BCUT2D eigenvalue weighted by atomic mass is 10.0. The molecule has 0 aromatic heterocycles. The molecule has 0 spiro atoms. The van der Waals surface area contributed by atoms with E-state index in [0.717, 1.165) is 12.2 Å². The number of unbranched alkanes of at least 4 members (excludes halogenated alkanes) is 4. The number of ether oxygens (including phenoxy) is 1. The predicted octanol–water partition coefficient (Wildman–Crippen LogP) is 3.57. The van der Waals surface area contributed by atoms with Crippen LogP contribution in [0, 0.1) is 0 Å². The van der Waals surface area contributed by atoms with Crippen molar-refractivity contribution in [2.75, 3.05) is 0 Å². The zero-order chi connectivity index (χ0) is 10.4. The number of hydrogen-bond donors (Lipinski definition) is 0. The first-order chi connectivity index (χ1) is 6.74. The predicted molar refractivity (Wildman–Crippen MR) is 56.8 cm³/mol. The van der Waals surface area contributed by atoms with Crippen LogP contribution in [0.4, 0.5) is 0 Å². The first-order valence-corrected chi connectivity index (χ1v) is 5.63. The Bertz CT molecular complexity index is 228. The fourth-order valence-electron chi connectivity index (χ4n) is 1.78. The Labute approximate surface area is 86.3 Å². The lowest BCUT2D eigenvalue weighted by Crippen LogP contribution is -1.91. The maximum Gasteiger partial charge on any atom is 0.315 e. The summed E-state index contributed by atoms with van der Waals surface area (Å²) in [6.07, 6.45) is 7.97. The van der Waals surface area contributed by atoms with E-state index >= 15 is 0 Å². The second-order valence-electron chi connectivity index (χ2n) is 3.97. The highest BCUT2D eigenvalue weighted by Crippen LogP contribution is 2.24. The van der Waals surface area contributed by atoms with Crippen molar-refractivity contribution in [3.05, 3.63) is 11.3 Å². The van der Waals surface area contributed by atoms with E-state index < -0.39 is 0 Å². The molecule has 0 radical (unpaired) electrons. The van der Waals surface area contributed by atoms with Gasteiger partial charge in [-0.25, -0.2) is 0 Å². The van der Waals surface area contributed by atoms with Gasteiger partial charge in [0.1, 0.15) is 5.76 Å². The van der Waals surface area contributed by atoms with Gasteiger partial charge in [-0.05, 0) is 25.3 Å². The number of carbonyl (C=O) groups excluding carboxylic acids is 1. The van der Waals surface area contributed by atoms with Crippen molar-refractivity contribution < 1.29 is 9.53 Å². The van der Waals surface area contributed by atoms with Crippen molar-refractivity contribution in [3.63, 3.8) is 0 Å². The second-order valence-corrected chi connectivity index (χ2v) is 3.97. The molecule has 0 unspecified atom stereocenters. The Morgan fingerprint density at radius 3 is 2.50 bits per heavy atom. The lowest BCUT2D eigenvalue weighted by Gasteiger charge is -2.00. The van der Waals surface area contributed by atoms with Gasteiger partial charge in [-0.2, -0.15) is 0 Å². The number of rotatable bonds is 6. The van der Waals surface area contributed by atoms with Gasteiger partial charge in [-0.1, -0.05) is 32.6 Å². The van der Waals surface area contributed by atoms with Crippen LogP contribution in [0.2, 0.25) is 0 Å². The third kappa shape index (κ3) is 3.52. The molecule has 0 aromatic carbocycles. The van der Waals surface area contributed by atoms with E-state index in [1.807, 2.05) is 6.92 Å². The van der Waals surface area contributed by atoms with Crippen LogP contribution in [0.3, 0.4) is 0 Å². The maximum absolute atomic E-state index is 10.9. The summed E-state index contributed by atoms with van der Waals surface area (Å²) in [5.41, 5.74) is 1.21. The quantitative estimate of drug-likeness (QED) is 0.479. The summed E-state index contributed by atoms with van der Waals surface area (Å²) in [6, 6.07) is 0. The maximum atomic E-state index is 10.9. The Morgan fingerprint density at radius 1 is 1.21 bits per heavy atom. The largest absolute Gasteiger partial charge is 0.431 e. The standard InChI is InChI=1S/C12H20O2/c1-3-4-5-6-7-8-11-9-12(13)14-10(11)2/h3-9H2,1-2H3. The number of allylic oxidation sites excluding steroid dienone is 1. The van der Waals surface area contributed by atoms with Gasteiger partial charge in [0, 0.05) is 0 Å². The van der Waals surface area contributed by atoms with Crippen molar-refractivity contribution in [1.82, 2.24) is 0 Å². The lowest BCUT2D eigenvalue weighted by molar-refractivity contribution is -0.136. The van der Waals surface area contributed by atoms with Crippen molar-refractivity contribution >= 4 is 5.97 Å². The summed E-state index contributed by atoms with van der Waals surface area (Å²) >= 11 is 0. The molecule has 2 heteroatoms. The molecule has 0 aliphatic carbocycles. The van der Waals surface area contributed by atoms with Crippen LogP contribution in [-0.4, -0.2) is 5.97 Å². The van der Waals surface area contributed by atoms with E-state index in [1.54, 1.807) is 0 Å². The van der Waals surface area contributed by atoms with Crippen LogP contribution in [0.15, 0.2) is 11.3 Å². The van der Waals surface area contributed by atoms with Gasteiger partial charge in [0.2, 0.25) is 0 Å². The van der Waals surface area contributed by atoms with Gasteiger partial charge in [-0.15, -0.1) is 0 Å². The summed E-state index contributed by atoms with van der Waals surface area (Å²) in [6.45, 7) is 4.11. The third-order valence-electron chi connectivity index (χ3n) is 2.70. The summed E-state index contributed by atoms with van der Waals surface area (Å²) in [7, 11) is 0. The Morgan fingerprint density at radius 2 is 1.93 bits per heavy atom. The summed E-state index contributed by atoms with van der Waals surface area (Å²) in [4.78, 5) is 10.9. The molecular formula is C12H20O2. The molecule has 0 aromatic rings. The fourth-order valence-corrected chi connectivity index (χ4v) is 1.78. The second kappa shape index (κ2) is 5.84. The number of hydrogen-bond acceptors (Lipinski definition) is 2. The van der Waals surface area contributed by atoms with Crippen molar-refractivity contribution in [3.8, 4) is 0 Å². The number of esters is 1. The van der Waals surface area contributed by atoms with Crippen LogP contribution in [0.5, 0.6) is 0 Å². The van der Waals surface area contributed by atoms with Crippen LogP contribution >= 0.6 is 0 Å². The molecule has 0 N–H and O–H groups in total. The topological polar surface area (TPSA) is 26.3 Å². The average Bonchev–Trinajstić information content (AvgIpc) is 2.45. The first kappa shape index (κ1) is 11.3. The molecule has 0 fully saturated rings. The van der Waals surface area contributed by atoms with Crippen molar-refractivity contribution in [1.29, 1.82) is 0 Å². The summed E-state index contributed by atoms with van der Waals surface area (Å²) in [5, 5.41) is 0. The Kier molecular flexibility index (Phi) is 4.71. The number of carbonyl (C=O) groups is 1. The third-order valence-corrected chi connectivity index (χ3v) is 2.70. The highest BCUT2D eigenvalue weighted by atomic mass is 16.5. The summed E-state index contributed by atoms with van der Waals surface area (Å²) in [5.74, 6) is 0.775. The normalized spacial score (nSPS) is 16.3. The molecule has 1 aliphatic heterocycles. The molecule has 0 bridgehead atoms. The minimum atomic E-state index is -0.0777. The zero-order valence-electron chi connectivity index (χ0n) is 9.27. The highest BCUT2D eigenvalue weighted by molar-refractivity contribution is 5.76. The Hall–Kier alpha value is -0.790. The molecule has 80 valence electrons. The Balaban J connectivity index is 2.12. The van der Waals surface area contributed by atoms with Crippen molar-refractivity contribution in [2.24, 2.45) is 0 Å². The van der Waals surface area contributed by atoms with Crippen LogP contribution in [0.1, 0.15) is 58.8 Å². The van der Waals surface area contributed by atoms with Gasteiger partial charge in [0.15, 0.2) is 0 Å². The molecule has 1 rings (SSSR count). The molecule has 0 atom stereocenters. The van der Waals surface area contributed by atoms with Gasteiger partial charge in [0.25, 0.3) is 0 Å².